The van der Waals surface area contributed by atoms with Gasteiger partial charge in [-0.1, -0.05) is 60.3 Å². The average Bonchev–Trinajstić information content (AvgIpc) is 2.57. The molecule has 3 nitrogen and oxygen atoms in total. The summed E-state index contributed by atoms with van der Waals surface area (Å²) >= 11 is 0. The molecule has 0 aromatic rings. The zero-order chi connectivity index (χ0) is 21.0. The minimum Gasteiger partial charge on any atom is -0.449 e. The third-order valence-electron chi connectivity index (χ3n) is 5.37. The number of amides is 1. The van der Waals surface area contributed by atoms with E-state index >= 15 is 0 Å². The highest BCUT2D eigenvalue weighted by Crippen LogP contribution is 2.35. The fourth-order valence-electron chi connectivity index (χ4n) is 4.06. The second kappa shape index (κ2) is 12.3. The molecule has 0 bridgehead atoms. The maximum absolute atomic E-state index is 12.0. The Hall–Kier alpha value is -1.17. The van der Waals surface area contributed by atoms with Crippen molar-refractivity contribution in [3.05, 3.63) is 0 Å². The van der Waals surface area contributed by atoms with Crippen LogP contribution in [0.5, 0.6) is 0 Å². The van der Waals surface area contributed by atoms with E-state index in [-0.39, 0.29) is 16.9 Å². The third kappa shape index (κ3) is 12.8. The maximum atomic E-state index is 12.0. The first-order valence-corrected chi connectivity index (χ1v) is 10.9. The van der Waals surface area contributed by atoms with Gasteiger partial charge in [-0.3, -0.25) is 0 Å². The van der Waals surface area contributed by atoms with E-state index in [1.165, 1.54) is 38.5 Å². The summed E-state index contributed by atoms with van der Waals surface area (Å²) in [6.07, 6.45) is 15.9. The summed E-state index contributed by atoms with van der Waals surface area (Å²) < 4.78 is 5.42. The van der Waals surface area contributed by atoms with Crippen LogP contribution < -0.4 is 5.32 Å². The van der Waals surface area contributed by atoms with Gasteiger partial charge in [0.05, 0.1) is 6.61 Å². The molecule has 0 aromatic carbocycles. The summed E-state index contributed by atoms with van der Waals surface area (Å²) in [7, 11) is 0. The topological polar surface area (TPSA) is 38.3 Å². The van der Waals surface area contributed by atoms with Crippen molar-refractivity contribution in [2.75, 3.05) is 13.2 Å². The maximum Gasteiger partial charge on any atom is 0.407 e. The van der Waals surface area contributed by atoms with Crippen molar-refractivity contribution in [2.45, 2.75) is 106 Å². The second-order valence-corrected chi connectivity index (χ2v) is 9.99. The molecule has 0 saturated carbocycles. The molecule has 1 atom stereocenters. The Labute approximate surface area is 169 Å². The lowest BCUT2D eigenvalue weighted by Gasteiger charge is -2.31. The lowest BCUT2D eigenvalue weighted by Crippen LogP contribution is -2.32. The highest BCUT2D eigenvalue weighted by Gasteiger charge is 2.28. The number of unbranched alkanes of at least 4 members (excludes halogenated alkanes) is 2. The standard InChI is InChI=1S/C24H45NO2/c1-9-12-16-24(8,15-10-2)17-13-14-18-25-21(26)27-20-23(6,7)19-22(4,5)11-3/h3H,9-10,12-20H2,1-2,4-8H3,(H,25,26). The summed E-state index contributed by atoms with van der Waals surface area (Å²) in [6.45, 7) is 16.3. The quantitative estimate of drug-likeness (QED) is 0.262. The van der Waals surface area contributed by atoms with Gasteiger partial charge in [0.2, 0.25) is 0 Å². The molecular weight excluding hydrogens is 334 g/mol. The molecule has 0 aliphatic carbocycles. The first-order valence-electron chi connectivity index (χ1n) is 10.9. The summed E-state index contributed by atoms with van der Waals surface area (Å²) in [6, 6.07) is 0. The van der Waals surface area contributed by atoms with Crippen molar-refractivity contribution in [1.29, 1.82) is 0 Å². The molecule has 1 unspecified atom stereocenters. The van der Waals surface area contributed by atoms with Crippen molar-refractivity contribution in [3.63, 3.8) is 0 Å². The number of hydrogen-bond donors (Lipinski definition) is 1. The fraction of sp³-hybridized carbons (Fsp3) is 0.875. The highest BCUT2D eigenvalue weighted by molar-refractivity contribution is 5.67. The van der Waals surface area contributed by atoms with Crippen molar-refractivity contribution >= 4 is 6.09 Å². The van der Waals surface area contributed by atoms with Crippen LogP contribution in [0.4, 0.5) is 4.79 Å². The molecule has 0 aromatic heterocycles. The normalized spacial score (nSPS) is 14.3. The van der Waals surface area contributed by atoms with Crippen LogP contribution in [0.15, 0.2) is 0 Å². The smallest absolute Gasteiger partial charge is 0.407 e. The third-order valence-corrected chi connectivity index (χ3v) is 5.37. The molecule has 0 heterocycles. The van der Waals surface area contributed by atoms with Gasteiger partial charge in [0.1, 0.15) is 0 Å². The molecule has 0 aliphatic heterocycles. The van der Waals surface area contributed by atoms with Gasteiger partial charge >= 0.3 is 6.09 Å². The van der Waals surface area contributed by atoms with Crippen molar-refractivity contribution in [3.8, 4) is 12.3 Å². The van der Waals surface area contributed by atoms with Crippen LogP contribution in [0.1, 0.15) is 106 Å². The van der Waals surface area contributed by atoms with Gasteiger partial charge in [0, 0.05) is 17.4 Å². The van der Waals surface area contributed by atoms with Gasteiger partial charge in [0.25, 0.3) is 0 Å². The molecule has 1 N–H and O–H groups in total. The monoisotopic (exact) mass is 379 g/mol. The van der Waals surface area contributed by atoms with Gasteiger partial charge in [-0.15, -0.1) is 12.3 Å². The summed E-state index contributed by atoms with van der Waals surface area (Å²) in [4.78, 5) is 12.0. The van der Waals surface area contributed by atoms with Crippen LogP contribution in [-0.4, -0.2) is 19.2 Å². The fourth-order valence-corrected chi connectivity index (χ4v) is 4.06. The summed E-state index contributed by atoms with van der Waals surface area (Å²) in [5.41, 5.74) is 0.139. The number of hydrogen-bond acceptors (Lipinski definition) is 2. The Morgan fingerprint density at radius 3 is 2.15 bits per heavy atom. The molecule has 158 valence electrons. The van der Waals surface area contributed by atoms with Crippen LogP contribution in [-0.2, 0) is 4.74 Å². The van der Waals surface area contributed by atoms with E-state index < -0.39 is 0 Å². The van der Waals surface area contributed by atoms with Crippen LogP contribution in [0.3, 0.4) is 0 Å². The predicted octanol–water partition coefficient (Wildman–Crippen LogP) is 6.96. The van der Waals surface area contributed by atoms with Gasteiger partial charge in [-0.25, -0.2) is 4.79 Å². The number of terminal acetylenes is 1. The molecule has 0 saturated heterocycles. The number of nitrogens with one attached hydrogen (secondary N) is 1. The Balaban J connectivity index is 4.08. The van der Waals surface area contributed by atoms with Gasteiger partial charge in [-0.05, 0) is 51.4 Å². The number of carbonyl (C=O) groups excluding carboxylic acids is 1. The highest BCUT2D eigenvalue weighted by atomic mass is 16.5. The number of carbonyl (C=O) groups is 1. The average molecular weight is 380 g/mol. The van der Waals surface area contributed by atoms with E-state index in [1.807, 2.05) is 13.8 Å². The largest absolute Gasteiger partial charge is 0.449 e. The van der Waals surface area contributed by atoms with Gasteiger partial charge in [0.15, 0.2) is 0 Å². The minimum atomic E-state index is -0.316. The first-order chi connectivity index (χ1) is 12.5. The number of ether oxygens (including phenoxy) is 1. The molecule has 0 fully saturated rings. The molecule has 1 amide bonds. The van der Waals surface area contributed by atoms with E-state index in [4.69, 9.17) is 11.2 Å². The van der Waals surface area contributed by atoms with E-state index in [1.54, 1.807) is 0 Å². The van der Waals surface area contributed by atoms with E-state index in [2.05, 4.69) is 45.9 Å². The van der Waals surface area contributed by atoms with E-state index in [0.717, 1.165) is 19.3 Å². The zero-order valence-electron chi connectivity index (χ0n) is 19.2. The Morgan fingerprint density at radius 2 is 1.59 bits per heavy atom. The Kier molecular flexibility index (Phi) is 11.8. The summed E-state index contributed by atoms with van der Waals surface area (Å²) in [5, 5.41) is 2.89. The van der Waals surface area contributed by atoms with Gasteiger partial charge in [-0.2, -0.15) is 0 Å². The number of alkyl carbamates (subject to hydrolysis) is 1. The van der Waals surface area contributed by atoms with E-state index in [0.29, 0.717) is 18.6 Å². The van der Waals surface area contributed by atoms with Crippen LogP contribution in [0.25, 0.3) is 0 Å². The van der Waals surface area contributed by atoms with Gasteiger partial charge < -0.3 is 10.1 Å². The summed E-state index contributed by atoms with van der Waals surface area (Å²) in [5.74, 6) is 2.81. The zero-order valence-corrected chi connectivity index (χ0v) is 19.2. The second-order valence-electron chi connectivity index (χ2n) is 9.99. The molecule has 3 heteroatoms. The molecule has 0 radical (unpaired) electrons. The Morgan fingerprint density at radius 1 is 0.963 bits per heavy atom. The molecule has 27 heavy (non-hydrogen) atoms. The SMILES string of the molecule is C#CC(C)(C)CC(C)(C)COC(=O)NCCCCC(C)(CCC)CCCC. The predicted molar refractivity (Wildman–Crippen MR) is 117 cm³/mol. The van der Waals surface area contributed by atoms with Crippen LogP contribution in [0.2, 0.25) is 0 Å². The molecule has 0 spiro atoms. The van der Waals surface area contributed by atoms with Crippen molar-refractivity contribution in [1.82, 2.24) is 5.32 Å². The molecular formula is C24H45NO2. The Bertz CT molecular complexity index is 461. The van der Waals surface area contributed by atoms with Crippen molar-refractivity contribution < 1.29 is 9.53 Å². The number of rotatable bonds is 14. The first kappa shape index (κ1) is 25.8. The van der Waals surface area contributed by atoms with Crippen molar-refractivity contribution in [2.24, 2.45) is 16.2 Å². The van der Waals surface area contributed by atoms with E-state index in [9.17, 15) is 4.79 Å². The van der Waals surface area contributed by atoms with Crippen LogP contribution in [0, 0.1) is 28.6 Å². The molecule has 0 aliphatic rings. The minimum absolute atomic E-state index is 0.131. The lowest BCUT2D eigenvalue weighted by atomic mass is 9.76. The van der Waals surface area contributed by atoms with Crippen LogP contribution >= 0.6 is 0 Å². The lowest BCUT2D eigenvalue weighted by molar-refractivity contribution is 0.0809. The molecule has 0 rings (SSSR count).